The van der Waals surface area contributed by atoms with Gasteiger partial charge in [0.1, 0.15) is 5.58 Å². The zero-order valence-electron chi connectivity index (χ0n) is 16.3. The number of rotatable bonds is 2. The fourth-order valence-electron chi connectivity index (χ4n) is 4.89. The summed E-state index contributed by atoms with van der Waals surface area (Å²) in [6.07, 6.45) is 10.5. The molecule has 0 unspecified atom stereocenters. The molecule has 0 spiro atoms. The molecule has 0 amide bonds. The van der Waals surface area contributed by atoms with Crippen molar-refractivity contribution in [2.75, 3.05) is 0 Å². The van der Waals surface area contributed by atoms with Crippen molar-refractivity contribution in [2.45, 2.75) is 38.0 Å². The largest absolute Gasteiger partial charge is 0.437 e. The van der Waals surface area contributed by atoms with Crippen LogP contribution in [0.25, 0.3) is 44.1 Å². The summed E-state index contributed by atoms with van der Waals surface area (Å²) in [6, 6.07) is 19.1. The summed E-state index contributed by atoms with van der Waals surface area (Å²) in [4.78, 5) is 9.32. The first-order valence-corrected chi connectivity index (χ1v) is 10.5. The van der Waals surface area contributed by atoms with E-state index >= 15 is 0 Å². The molecule has 2 aromatic carbocycles. The molecule has 5 aromatic rings. The number of fused-ring (bicyclic) bond motifs is 5. The number of furan rings is 1. The van der Waals surface area contributed by atoms with Crippen molar-refractivity contribution in [3.05, 3.63) is 72.6 Å². The van der Waals surface area contributed by atoms with Crippen molar-refractivity contribution in [1.82, 2.24) is 9.97 Å². The molecule has 3 aromatic heterocycles. The summed E-state index contributed by atoms with van der Waals surface area (Å²) >= 11 is 0. The van der Waals surface area contributed by atoms with Crippen LogP contribution in [0.3, 0.4) is 0 Å². The van der Waals surface area contributed by atoms with Crippen molar-refractivity contribution >= 4 is 32.8 Å². The van der Waals surface area contributed by atoms with Crippen LogP contribution in [0.15, 0.2) is 71.4 Å². The minimum atomic E-state index is 0.664. The molecule has 0 radical (unpaired) electrons. The van der Waals surface area contributed by atoms with Crippen molar-refractivity contribution in [3.8, 4) is 11.3 Å². The molecule has 0 N–H and O–H groups in total. The highest BCUT2D eigenvalue weighted by Crippen LogP contribution is 2.40. The molecule has 29 heavy (non-hydrogen) atoms. The molecule has 1 fully saturated rings. The third-order valence-corrected chi connectivity index (χ3v) is 6.38. The van der Waals surface area contributed by atoms with Crippen molar-refractivity contribution in [1.29, 1.82) is 0 Å². The van der Waals surface area contributed by atoms with E-state index < -0.39 is 0 Å². The third kappa shape index (κ3) is 2.72. The molecule has 1 saturated carbocycles. The van der Waals surface area contributed by atoms with Crippen LogP contribution in [0.2, 0.25) is 0 Å². The Kier molecular flexibility index (Phi) is 3.86. The topological polar surface area (TPSA) is 38.9 Å². The van der Waals surface area contributed by atoms with Gasteiger partial charge in [-0.25, -0.2) is 4.98 Å². The summed E-state index contributed by atoms with van der Waals surface area (Å²) in [5, 5.41) is 4.57. The zero-order chi connectivity index (χ0) is 19.2. The lowest BCUT2D eigenvalue weighted by Crippen LogP contribution is -2.04. The lowest BCUT2D eigenvalue weighted by Gasteiger charge is -2.21. The van der Waals surface area contributed by atoms with E-state index in [4.69, 9.17) is 9.40 Å². The van der Waals surface area contributed by atoms with E-state index in [9.17, 15) is 0 Å². The fraction of sp³-hybridized carbons (Fsp3) is 0.231. The normalized spacial score (nSPS) is 15.4. The van der Waals surface area contributed by atoms with Gasteiger partial charge in [-0.2, -0.15) is 0 Å². The average molecular weight is 378 g/mol. The summed E-state index contributed by atoms with van der Waals surface area (Å²) in [5.41, 5.74) is 4.91. The number of hydrogen-bond acceptors (Lipinski definition) is 3. The molecule has 3 heteroatoms. The lowest BCUT2D eigenvalue weighted by atomic mass is 9.85. The minimum Gasteiger partial charge on any atom is -0.437 e. The molecule has 1 aliphatic rings. The Labute approximate surface area is 169 Å². The second kappa shape index (κ2) is 6.70. The SMILES string of the molecule is c1ccc2c(c1)cc(-c1ccc(C3CCCCC3)cn1)c1oc3ncccc3c12. The van der Waals surface area contributed by atoms with Gasteiger partial charge in [0.05, 0.1) is 5.69 Å². The van der Waals surface area contributed by atoms with Gasteiger partial charge in [0.15, 0.2) is 0 Å². The predicted octanol–water partition coefficient (Wildman–Crippen LogP) is 7.24. The molecular formula is C26H22N2O. The number of nitrogens with zero attached hydrogens (tertiary/aromatic N) is 2. The van der Waals surface area contributed by atoms with E-state index in [0.717, 1.165) is 27.6 Å². The predicted molar refractivity (Wildman–Crippen MR) is 118 cm³/mol. The number of hydrogen-bond donors (Lipinski definition) is 0. The van der Waals surface area contributed by atoms with Gasteiger partial charge in [0.2, 0.25) is 5.71 Å². The van der Waals surface area contributed by atoms with Gasteiger partial charge in [-0.3, -0.25) is 4.98 Å². The Bertz CT molecular complexity index is 1330. The van der Waals surface area contributed by atoms with Gasteiger partial charge in [-0.1, -0.05) is 49.6 Å². The molecular weight excluding hydrogens is 356 g/mol. The fourth-order valence-corrected chi connectivity index (χ4v) is 4.89. The molecule has 0 saturated heterocycles. The third-order valence-electron chi connectivity index (χ3n) is 6.38. The highest BCUT2D eigenvalue weighted by atomic mass is 16.3. The Morgan fingerprint density at radius 2 is 1.69 bits per heavy atom. The molecule has 3 heterocycles. The van der Waals surface area contributed by atoms with Gasteiger partial charge < -0.3 is 4.42 Å². The monoisotopic (exact) mass is 378 g/mol. The summed E-state index contributed by atoms with van der Waals surface area (Å²) in [6.45, 7) is 0. The van der Waals surface area contributed by atoms with Gasteiger partial charge in [0.25, 0.3) is 0 Å². The van der Waals surface area contributed by atoms with Crippen LogP contribution in [-0.2, 0) is 0 Å². The molecule has 0 atom stereocenters. The van der Waals surface area contributed by atoms with Gasteiger partial charge in [0, 0.05) is 28.7 Å². The van der Waals surface area contributed by atoms with E-state index in [1.54, 1.807) is 6.20 Å². The molecule has 3 nitrogen and oxygen atoms in total. The highest BCUT2D eigenvalue weighted by molar-refractivity contribution is 6.21. The summed E-state index contributed by atoms with van der Waals surface area (Å²) in [5.74, 6) is 0.664. The first kappa shape index (κ1) is 16.7. The van der Waals surface area contributed by atoms with E-state index in [0.29, 0.717) is 11.6 Å². The van der Waals surface area contributed by atoms with Gasteiger partial charge >= 0.3 is 0 Å². The number of aromatic nitrogens is 2. The average Bonchev–Trinajstić information content (AvgIpc) is 3.19. The molecule has 0 aliphatic heterocycles. The maximum absolute atomic E-state index is 6.24. The molecule has 1 aliphatic carbocycles. The van der Waals surface area contributed by atoms with E-state index in [1.807, 2.05) is 6.07 Å². The van der Waals surface area contributed by atoms with Crippen LogP contribution in [0.5, 0.6) is 0 Å². The van der Waals surface area contributed by atoms with Crippen LogP contribution in [0, 0.1) is 0 Å². The minimum absolute atomic E-state index is 0.664. The number of benzene rings is 2. The van der Waals surface area contributed by atoms with Crippen LogP contribution >= 0.6 is 0 Å². The molecule has 6 rings (SSSR count). The first-order valence-electron chi connectivity index (χ1n) is 10.5. The highest BCUT2D eigenvalue weighted by Gasteiger charge is 2.19. The Hall–Kier alpha value is -3.20. The maximum atomic E-state index is 6.24. The van der Waals surface area contributed by atoms with E-state index in [1.165, 1.54) is 48.4 Å². The van der Waals surface area contributed by atoms with Crippen LogP contribution in [0.1, 0.15) is 43.6 Å². The smallest absolute Gasteiger partial charge is 0.227 e. The van der Waals surface area contributed by atoms with Crippen LogP contribution in [0.4, 0.5) is 0 Å². The summed E-state index contributed by atoms with van der Waals surface area (Å²) in [7, 11) is 0. The zero-order valence-corrected chi connectivity index (χ0v) is 16.3. The quantitative estimate of drug-likeness (QED) is 0.325. The Morgan fingerprint density at radius 1 is 0.828 bits per heavy atom. The second-order valence-electron chi connectivity index (χ2n) is 8.12. The molecule has 142 valence electrons. The van der Waals surface area contributed by atoms with Crippen molar-refractivity contribution in [2.24, 2.45) is 0 Å². The number of pyridine rings is 2. The Morgan fingerprint density at radius 3 is 2.55 bits per heavy atom. The maximum Gasteiger partial charge on any atom is 0.227 e. The summed E-state index contributed by atoms with van der Waals surface area (Å²) < 4.78 is 6.24. The second-order valence-corrected chi connectivity index (χ2v) is 8.12. The van der Waals surface area contributed by atoms with E-state index in [-0.39, 0.29) is 0 Å². The van der Waals surface area contributed by atoms with Crippen molar-refractivity contribution in [3.63, 3.8) is 0 Å². The van der Waals surface area contributed by atoms with Gasteiger partial charge in [-0.15, -0.1) is 0 Å². The lowest BCUT2D eigenvalue weighted by molar-refractivity contribution is 0.443. The van der Waals surface area contributed by atoms with E-state index in [2.05, 4.69) is 59.7 Å². The molecule has 0 bridgehead atoms. The standard InChI is InChI=1S/C26H22N2O/c1-2-7-17(8-3-1)19-12-13-23(28-16-19)22-15-18-9-4-5-10-20(18)24-21-11-6-14-27-26(21)29-25(22)24/h4-6,9-17H,1-3,7-8H2. The van der Waals surface area contributed by atoms with Crippen LogP contribution < -0.4 is 0 Å². The van der Waals surface area contributed by atoms with Crippen molar-refractivity contribution < 1.29 is 4.42 Å². The first-order chi connectivity index (χ1) is 14.4. The van der Waals surface area contributed by atoms with Crippen LogP contribution in [-0.4, -0.2) is 9.97 Å². The van der Waals surface area contributed by atoms with Gasteiger partial charge in [-0.05, 0) is 59.4 Å². The Balaban J connectivity index is 1.56.